The van der Waals surface area contributed by atoms with Crippen molar-refractivity contribution in [2.75, 3.05) is 25.1 Å². The highest BCUT2D eigenvalue weighted by atomic mass is 16.5. The van der Waals surface area contributed by atoms with Crippen LogP contribution in [-0.4, -0.2) is 42.5 Å². The van der Waals surface area contributed by atoms with E-state index in [1.165, 1.54) is 0 Å². The molecular formula is C25H33N3O3. The number of benzene rings is 2. The minimum absolute atomic E-state index is 0.0178. The molecule has 2 aromatic carbocycles. The van der Waals surface area contributed by atoms with Crippen LogP contribution in [0.1, 0.15) is 66.6 Å². The van der Waals surface area contributed by atoms with Gasteiger partial charge >= 0.3 is 0 Å². The zero-order chi connectivity index (χ0) is 22.4. The van der Waals surface area contributed by atoms with Gasteiger partial charge in [0.1, 0.15) is 6.17 Å². The summed E-state index contributed by atoms with van der Waals surface area (Å²) in [5.74, 6) is 0.280. The lowest BCUT2D eigenvalue weighted by Gasteiger charge is -2.27. The van der Waals surface area contributed by atoms with Crippen molar-refractivity contribution in [3.8, 4) is 0 Å². The molecule has 0 aliphatic carbocycles. The molecule has 2 atom stereocenters. The molecule has 166 valence electrons. The average molecular weight is 424 g/mol. The Balaban J connectivity index is 1.78. The summed E-state index contributed by atoms with van der Waals surface area (Å²) in [6.07, 6.45) is 0.486. The molecule has 2 amide bonds. The summed E-state index contributed by atoms with van der Waals surface area (Å²) in [6, 6.07) is 15.2. The normalized spacial score (nSPS) is 16.4. The first-order valence-corrected chi connectivity index (χ1v) is 11.1. The Morgan fingerprint density at radius 3 is 2.65 bits per heavy atom. The quantitative estimate of drug-likeness (QED) is 0.554. The second-order valence-corrected chi connectivity index (χ2v) is 8.27. The van der Waals surface area contributed by atoms with Crippen molar-refractivity contribution in [1.29, 1.82) is 0 Å². The SMILES string of the molecule is CCOCCCN1C(=O)c2ccccc2[C@@H]1Nc1cccc(C(=O)N[C@H](C)C(C)C)c1. The van der Waals surface area contributed by atoms with Crippen LogP contribution in [0, 0.1) is 5.92 Å². The fourth-order valence-electron chi connectivity index (χ4n) is 3.60. The highest BCUT2D eigenvalue weighted by molar-refractivity contribution is 5.99. The van der Waals surface area contributed by atoms with Crippen molar-refractivity contribution < 1.29 is 14.3 Å². The van der Waals surface area contributed by atoms with E-state index in [2.05, 4.69) is 24.5 Å². The maximum absolute atomic E-state index is 13.0. The van der Waals surface area contributed by atoms with Gasteiger partial charge in [-0.2, -0.15) is 0 Å². The molecule has 6 nitrogen and oxygen atoms in total. The number of fused-ring (bicyclic) bond motifs is 1. The third kappa shape index (κ3) is 5.44. The van der Waals surface area contributed by atoms with E-state index in [4.69, 9.17) is 4.74 Å². The minimum atomic E-state index is -0.279. The standard InChI is InChI=1S/C25H33N3O3/c1-5-31-15-9-14-28-23(21-12-6-7-13-22(21)25(28)30)27-20-11-8-10-19(16-20)24(29)26-18(4)17(2)3/h6-8,10-13,16-18,23,27H,5,9,14-15H2,1-4H3,(H,26,29)/t18-,23-/m1/s1. The Hall–Kier alpha value is -2.86. The molecule has 2 N–H and O–H groups in total. The van der Waals surface area contributed by atoms with Gasteiger partial charge in [0.25, 0.3) is 11.8 Å². The second-order valence-electron chi connectivity index (χ2n) is 8.27. The summed E-state index contributed by atoms with van der Waals surface area (Å²) in [4.78, 5) is 27.5. The molecule has 0 fully saturated rings. The number of amides is 2. The molecule has 31 heavy (non-hydrogen) atoms. The van der Waals surface area contributed by atoms with E-state index in [9.17, 15) is 9.59 Å². The monoisotopic (exact) mass is 423 g/mol. The van der Waals surface area contributed by atoms with Gasteiger partial charge in [0, 0.05) is 48.2 Å². The van der Waals surface area contributed by atoms with Gasteiger partial charge in [0.15, 0.2) is 0 Å². The first kappa shape index (κ1) is 22.8. The molecule has 0 saturated carbocycles. The van der Waals surface area contributed by atoms with E-state index in [1.807, 2.05) is 61.2 Å². The molecule has 0 unspecified atom stereocenters. The van der Waals surface area contributed by atoms with Crippen LogP contribution in [-0.2, 0) is 4.74 Å². The fraction of sp³-hybridized carbons (Fsp3) is 0.440. The Bertz CT molecular complexity index is 912. The number of hydrogen-bond donors (Lipinski definition) is 2. The summed E-state index contributed by atoms with van der Waals surface area (Å²) in [6.45, 7) is 10.0. The number of anilines is 1. The third-order valence-electron chi connectivity index (χ3n) is 5.74. The molecule has 1 heterocycles. The Morgan fingerprint density at radius 2 is 1.90 bits per heavy atom. The molecule has 0 radical (unpaired) electrons. The number of rotatable bonds is 10. The third-order valence-corrected chi connectivity index (χ3v) is 5.74. The molecule has 1 aliphatic heterocycles. The summed E-state index contributed by atoms with van der Waals surface area (Å²) in [5, 5.41) is 6.52. The van der Waals surface area contributed by atoms with E-state index in [1.54, 1.807) is 6.07 Å². The van der Waals surface area contributed by atoms with Gasteiger partial charge in [-0.3, -0.25) is 9.59 Å². The highest BCUT2D eigenvalue weighted by Gasteiger charge is 2.36. The van der Waals surface area contributed by atoms with Gasteiger partial charge in [-0.15, -0.1) is 0 Å². The molecule has 3 rings (SSSR count). The van der Waals surface area contributed by atoms with Crippen LogP contribution in [0.25, 0.3) is 0 Å². The Labute approximate surface area is 185 Å². The molecule has 2 aromatic rings. The predicted octanol–water partition coefficient (Wildman–Crippen LogP) is 4.45. The topological polar surface area (TPSA) is 70.7 Å². The Morgan fingerprint density at radius 1 is 1.13 bits per heavy atom. The summed E-state index contributed by atoms with van der Waals surface area (Å²) in [5.41, 5.74) is 3.07. The van der Waals surface area contributed by atoms with Crippen LogP contribution in [0.3, 0.4) is 0 Å². The van der Waals surface area contributed by atoms with Crippen molar-refractivity contribution in [3.05, 3.63) is 65.2 Å². The van der Waals surface area contributed by atoms with E-state index < -0.39 is 0 Å². The molecule has 1 aliphatic rings. The van der Waals surface area contributed by atoms with Crippen molar-refractivity contribution in [1.82, 2.24) is 10.2 Å². The minimum Gasteiger partial charge on any atom is -0.382 e. The van der Waals surface area contributed by atoms with E-state index >= 15 is 0 Å². The van der Waals surface area contributed by atoms with Gasteiger partial charge in [0.2, 0.25) is 0 Å². The zero-order valence-corrected chi connectivity index (χ0v) is 18.9. The number of nitrogens with zero attached hydrogens (tertiary/aromatic N) is 1. The van der Waals surface area contributed by atoms with Crippen LogP contribution in [0.4, 0.5) is 5.69 Å². The molecule has 0 saturated heterocycles. The van der Waals surface area contributed by atoms with Crippen molar-refractivity contribution >= 4 is 17.5 Å². The number of nitrogens with one attached hydrogen (secondary N) is 2. The lowest BCUT2D eigenvalue weighted by molar-refractivity contribution is 0.0708. The zero-order valence-electron chi connectivity index (χ0n) is 18.9. The van der Waals surface area contributed by atoms with Crippen LogP contribution in [0.5, 0.6) is 0 Å². The van der Waals surface area contributed by atoms with Crippen molar-refractivity contribution in [2.45, 2.75) is 46.3 Å². The second kappa shape index (κ2) is 10.4. The molecule has 0 bridgehead atoms. The number of hydrogen-bond acceptors (Lipinski definition) is 4. The van der Waals surface area contributed by atoms with E-state index in [-0.39, 0.29) is 24.0 Å². The maximum atomic E-state index is 13.0. The molecular weight excluding hydrogens is 390 g/mol. The fourth-order valence-corrected chi connectivity index (χ4v) is 3.60. The van der Waals surface area contributed by atoms with E-state index in [0.717, 1.165) is 23.2 Å². The molecule has 0 aromatic heterocycles. The van der Waals surface area contributed by atoms with Gasteiger partial charge < -0.3 is 20.3 Å². The lowest BCUT2D eigenvalue weighted by atomic mass is 10.1. The van der Waals surface area contributed by atoms with Crippen molar-refractivity contribution in [2.24, 2.45) is 5.92 Å². The lowest BCUT2D eigenvalue weighted by Crippen LogP contribution is -2.36. The smallest absolute Gasteiger partial charge is 0.256 e. The summed E-state index contributed by atoms with van der Waals surface area (Å²) >= 11 is 0. The van der Waals surface area contributed by atoms with E-state index in [0.29, 0.717) is 31.2 Å². The van der Waals surface area contributed by atoms with Gasteiger partial charge in [0.05, 0.1) is 0 Å². The highest BCUT2D eigenvalue weighted by Crippen LogP contribution is 2.34. The number of ether oxygens (including phenoxy) is 1. The Kier molecular flexibility index (Phi) is 7.69. The molecule has 0 spiro atoms. The van der Waals surface area contributed by atoms with Gasteiger partial charge in [-0.05, 0) is 50.5 Å². The largest absolute Gasteiger partial charge is 0.382 e. The molecule has 6 heteroatoms. The van der Waals surface area contributed by atoms with Crippen LogP contribution >= 0.6 is 0 Å². The van der Waals surface area contributed by atoms with Crippen LogP contribution in [0.15, 0.2) is 48.5 Å². The van der Waals surface area contributed by atoms with Crippen molar-refractivity contribution in [3.63, 3.8) is 0 Å². The summed E-state index contributed by atoms with van der Waals surface area (Å²) < 4.78 is 5.45. The predicted molar refractivity (Wildman–Crippen MR) is 123 cm³/mol. The van der Waals surface area contributed by atoms with Crippen LogP contribution in [0.2, 0.25) is 0 Å². The van der Waals surface area contributed by atoms with Gasteiger partial charge in [-0.1, -0.05) is 38.1 Å². The summed E-state index contributed by atoms with van der Waals surface area (Å²) in [7, 11) is 0. The average Bonchev–Trinajstić information content (AvgIpc) is 3.02. The number of carbonyl (C=O) groups excluding carboxylic acids is 2. The van der Waals surface area contributed by atoms with Crippen LogP contribution < -0.4 is 10.6 Å². The maximum Gasteiger partial charge on any atom is 0.256 e. The first-order valence-electron chi connectivity index (χ1n) is 11.1. The number of carbonyl (C=O) groups is 2. The first-order chi connectivity index (χ1) is 14.9. The van der Waals surface area contributed by atoms with Gasteiger partial charge in [-0.25, -0.2) is 0 Å².